The Kier molecular flexibility index (Phi) is 2.88. The van der Waals surface area contributed by atoms with E-state index in [-0.39, 0.29) is 6.61 Å². The van der Waals surface area contributed by atoms with E-state index < -0.39 is 0 Å². The summed E-state index contributed by atoms with van der Waals surface area (Å²) >= 11 is 0. The lowest BCUT2D eigenvalue weighted by Gasteiger charge is -2.08. The fourth-order valence-corrected chi connectivity index (χ4v) is 1.21. The van der Waals surface area contributed by atoms with Crippen LogP contribution in [0.25, 0.3) is 0 Å². The van der Waals surface area contributed by atoms with E-state index in [1.165, 1.54) is 7.11 Å². The highest BCUT2D eigenvalue weighted by Gasteiger charge is 2.08. The van der Waals surface area contributed by atoms with Crippen molar-refractivity contribution in [1.82, 2.24) is 0 Å². The fraction of sp³-hybridized carbons (Fsp3) is 0.300. The van der Waals surface area contributed by atoms with Crippen LogP contribution in [0.1, 0.15) is 16.7 Å². The third kappa shape index (κ3) is 1.63. The molecule has 0 atom stereocenters. The maximum atomic E-state index is 8.95. The molecule has 1 aromatic carbocycles. The maximum Gasteiger partial charge on any atom is 0.136 e. The number of nitriles is 1. The molecule has 0 amide bonds. The number of rotatable bonds is 2. The van der Waals surface area contributed by atoms with Gasteiger partial charge in [0.15, 0.2) is 0 Å². The largest absolute Gasteiger partial charge is 0.495 e. The molecule has 1 rings (SSSR count). The highest BCUT2D eigenvalue weighted by Crippen LogP contribution is 2.23. The van der Waals surface area contributed by atoms with Crippen molar-refractivity contribution in [3.05, 3.63) is 28.8 Å². The first-order valence-electron chi connectivity index (χ1n) is 3.92. The van der Waals surface area contributed by atoms with E-state index in [1.54, 1.807) is 19.1 Å². The Labute approximate surface area is 77.2 Å². The van der Waals surface area contributed by atoms with Crippen LogP contribution in [-0.4, -0.2) is 12.2 Å². The number of aliphatic hydroxyl groups is 1. The van der Waals surface area contributed by atoms with Gasteiger partial charge in [0.05, 0.1) is 19.3 Å². The average Bonchev–Trinajstić information content (AvgIpc) is 2.17. The van der Waals surface area contributed by atoms with Crippen LogP contribution >= 0.6 is 0 Å². The van der Waals surface area contributed by atoms with Gasteiger partial charge in [0, 0.05) is 0 Å². The Bertz CT molecular complexity index is 353. The predicted octanol–water partition coefficient (Wildman–Crippen LogP) is 1.37. The SMILES string of the molecule is COc1ccc(CO)c(C)c1C#N. The average molecular weight is 177 g/mol. The van der Waals surface area contributed by atoms with Crippen LogP contribution in [0.2, 0.25) is 0 Å². The highest BCUT2D eigenvalue weighted by atomic mass is 16.5. The number of hydrogen-bond donors (Lipinski definition) is 1. The summed E-state index contributed by atoms with van der Waals surface area (Å²) in [6, 6.07) is 5.50. The number of methoxy groups -OCH3 is 1. The second kappa shape index (κ2) is 3.92. The zero-order valence-corrected chi connectivity index (χ0v) is 7.66. The van der Waals surface area contributed by atoms with Gasteiger partial charge in [-0.15, -0.1) is 0 Å². The molecule has 3 nitrogen and oxygen atoms in total. The summed E-state index contributed by atoms with van der Waals surface area (Å²) in [5.41, 5.74) is 2.04. The van der Waals surface area contributed by atoms with Gasteiger partial charge in [-0.3, -0.25) is 0 Å². The topological polar surface area (TPSA) is 53.2 Å². The fourth-order valence-electron chi connectivity index (χ4n) is 1.21. The summed E-state index contributed by atoms with van der Waals surface area (Å²) in [7, 11) is 1.52. The van der Waals surface area contributed by atoms with E-state index in [0.717, 1.165) is 11.1 Å². The van der Waals surface area contributed by atoms with Crippen molar-refractivity contribution in [3.63, 3.8) is 0 Å². The molecule has 68 valence electrons. The Morgan fingerprint density at radius 3 is 2.69 bits per heavy atom. The van der Waals surface area contributed by atoms with Crippen molar-refractivity contribution in [2.75, 3.05) is 7.11 Å². The molecule has 0 unspecified atom stereocenters. The number of hydrogen-bond acceptors (Lipinski definition) is 3. The summed E-state index contributed by atoms with van der Waals surface area (Å²) in [6.45, 7) is 1.75. The molecule has 0 saturated heterocycles. The lowest BCUT2D eigenvalue weighted by atomic mass is 10.0. The normalized spacial score (nSPS) is 9.38. The molecular formula is C10H11NO2. The van der Waals surface area contributed by atoms with Crippen molar-refractivity contribution in [1.29, 1.82) is 5.26 Å². The van der Waals surface area contributed by atoms with Crippen molar-refractivity contribution in [3.8, 4) is 11.8 Å². The van der Waals surface area contributed by atoms with Gasteiger partial charge in [0.2, 0.25) is 0 Å². The van der Waals surface area contributed by atoms with Gasteiger partial charge in [-0.1, -0.05) is 6.07 Å². The van der Waals surface area contributed by atoms with Gasteiger partial charge in [-0.05, 0) is 24.1 Å². The lowest BCUT2D eigenvalue weighted by molar-refractivity contribution is 0.280. The van der Waals surface area contributed by atoms with Crippen molar-refractivity contribution < 1.29 is 9.84 Å². The maximum absolute atomic E-state index is 8.95. The molecular weight excluding hydrogens is 166 g/mol. The summed E-state index contributed by atoms with van der Waals surface area (Å²) in [5.74, 6) is 0.553. The first-order chi connectivity index (χ1) is 6.24. The van der Waals surface area contributed by atoms with E-state index >= 15 is 0 Å². The molecule has 0 aromatic heterocycles. The second-order valence-electron chi connectivity index (χ2n) is 2.70. The second-order valence-corrected chi connectivity index (χ2v) is 2.70. The lowest BCUT2D eigenvalue weighted by Crippen LogP contribution is -1.96. The number of ether oxygens (including phenoxy) is 1. The van der Waals surface area contributed by atoms with E-state index in [4.69, 9.17) is 15.1 Å². The summed E-state index contributed by atoms with van der Waals surface area (Å²) < 4.78 is 5.01. The molecule has 1 aromatic rings. The predicted molar refractivity (Wildman–Crippen MR) is 48.4 cm³/mol. The first kappa shape index (κ1) is 9.56. The van der Waals surface area contributed by atoms with Crippen LogP contribution < -0.4 is 4.74 Å². The molecule has 0 radical (unpaired) electrons. The Hall–Kier alpha value is -1.53. The Morgan fingerprint density at radius 1 is 1.54 bits per heavy atom. The summed E-state index contributed by atoms with van der Waals surface area (Å²) in [6.07, 6.45) is 0. The number of nitrogens with zero attached hydrogens (tertiary/aromatic N) is 1. The zero-order chi connectivity index (χ0) is 9.84. The molecule has 0 bridgehead atoms. The summed E-state index contributed by atoms with van der Waals surface area (Å²) in [4.78, 5) is 0. The summed E-state index contributed by atoms with van der Waals surface area (Å²) in [5, 5.41) is 17.8. The van der Waals surface area contributed by atoms with E-state index in [0.29, 0.717) is 11.3 Å². The molecule has 0 aliphatic heterocycles. The minimum absolute atomic E-state index is 0.0511. The monoisotopic (exact) mass is 177 g/mol. The van der Waals surface area contributed by atoms with Gasteiger partial charge in [0.1, 0.15) is 11.8 Å². The van der Waals surface area contributed by atoms with Crippen LogP contribution in [0, 0.1) is 18.3 Å². The number of aliphatic hydroxyl groups excluding tert-OH is 1. The van der Waals surface area contributed by atoms with Crippen molar-refractivity contribution in [2.45, 2.75) is 13.5 Å². The van der Waals surface area contributed by atoms with E-state index in [2.05, 4.69) is 6.07 Å². The highest BCUT2D eigenvalue weighted by molar-refractivity contribution is 5.51. The van der Waals surface area contributed by atoms with E-state index in [1.807, 2.05) is 0 Å². The van der Waals surface area contributed by atoms with Gasteiger partial charge in [0.25, 0.3) is 0 Å². The molecule has 1 N–H and O–H groups in total. The molecule has 0 saturated carbocycles. The zero-order valence-electron chi connectivity index (χ0n) is 7.66. The Balaban J connectivity index is 3.34. The molecule has 3 heteroatoms. The quantitative estimate of drug-likeness (QED) is 0.742. The molecule has 13 heavy (non-hydrogen) atoms. The van der Waals surface area contributed by atoms with Gasteiger partial charge in [-0.25, -0.2) is 0 Å². The van der Waals surface area contributed by atoms with Crippen LogP contribution in [0.15, 0.2) is 12.1 Å². The van der Waals surface area contributed by atoms with Gasteiger partial charge >= 0.3 is 0 Å². The molecule has 0 heterocycles. The van der Waals surface area contributed by atoms with Crippen molar-refractivity contribution in [2.24, 2.45) is 0 Å². The molecule has 0 fully saturated rings. The van der Waals surface area contributed by atoms with Crippen LogP contribution in [-0.2, 0) is 6.61 Å². The third-order valence-electron chi connectivity index (χ3n) is 2.04. The van der Waals surface area contributed by atoms with Crippen molar-refractivity contribution >= 4 is 0 Å². The minimum atomic E-state index is -0.0511. The minimum Gasteiger partial charge on any atom is -0.495 e. The van der Waals surface area contributed by atoms with E-state index in [9.17, 15) is 0 Å². The van der Waals surface area contributed by atoms with Crippen LogP contribution in [0.5, 0.6) is 5.75 Å². The molecule has 0 aliphatic rings. The first-order valence-corrected chi connectivity index (χ1v) is 3.92. The van der Waals surface area contributed by atoms with Crippen LogP contribution in [0.4, 0.5) is 0 Å². The molecule has 0 aliphatic carbocycles. The van der Waals surface area contributed by atoms with Crippen LogP contribution in [0.3, 0.4) is 0 Å². The van der Waals surface area contributed by atoms with Gasteiger partial charge < -0.3 is 9.84 Å². The smallest absolute Gasteiger partial charge is 0.136 e. The molecule has 0 spiro atoms. The van der Waals surface area contributed by atoms with Gasteiger partial charge in [-0.2, -0.15) is 5.26 Å². The standard InChI is InChI=1S/C10H11NO2/c1-7-8(6-12)3-4-10(13-2)9(7)5-11/h3-4,12H,6H2,1-2H3. The Morgan fingerprint density at radius 2 is 2.23 bits per heavy atom. The number of benzene rings is 1. The third-order valence-corrected chi connectivity index (χ3v) is 2.04.